The summed E-state index contributed by atoms with van der Waals surface area (Å²) in [5.41, 5.74) is 2.06. The molecule has 1 aliphatic rings. The molecule has 0 aromatic carbocycles. The number of hydrogen-bond donors (Lipinski definition) is 2. The van der Waals surface area contributed by atoms with Crippen LogP contribution >= 0.6 is 0 Å². The van der Waals surface area contributed by atoms with Gasteiger partial charge in [-0.05, 0) is 50.2 Å². The minimum Gasteiger partial charge on any atom is -0.396 e. The van der Waals surface area contributed by atoms with Crippen LogP contribution in [0.5, 0.6) is 0 Å². The van der Waals surface area contributed by atoms with Gasteiger partial charge in [0.1, 0.15) is 5.56 Å². The van der Waals surface area contributed by atoms with Gasteiger partial charge in [0.25, 0.3) is 11.5 Å². The molecule has 1 aromatic rings. The molecular formula is C17H26N2O3. The summed E-state index contributed by atoms with van der Waals surface area (Å²) in [6.07, 6.45) is 6.45. The lowest BCUT2D eigenvalue weighted by atomic mass is 9.95. The van der Waals surface area contributed by atoms with Crippen LogP contribution in [0.2, 0.25) is 0 Å². The van der Waals surface area contributed by atoms with Crippen LogP contribution in [0.25, 0.3) is 0 Å². The number of aryl methyl sites for hydroxylation is 2. The zero-order chi connectivity index (χ0) is 15.9. The summed E-state index contributed by atoms with van der Waals surface area (Å²) in [6.45, 7) is 3.24. The second-order valence-electron chi connectivity index (χ2n) is 5.95. The maximum atomic E-state index is 12.7. The summed E-state index contributed by atoms with van der Waals surface area (Å²) in [6, 6.07) is 1.79. The van der Waals surface area contributed by atoms with Crippen molar-refractivity contribution >= 4 is 5.91 Å². The SMILES string of the molecule is CCCCN(CCCO)C(=O)c1cc2c([nH]c1=O)CCCC2. The van der Waals surface area contributed by atoms with Gasteiger partial charge in [-0.15, -0.1) is 0 Å². The first kappa shape index (κ1) is 16.7. The number of aliphatic hydroxyl groups excluding tert-OH is 1. The van der Waals surface area contributed by atoms with E-state index < -0.39 is 0 Å². The van der Waals surface area contributed by atoms with Gasteiger partial charge in [0.05, 0.1) is 0 Å². The fourth-order valence-corrected chi connectivity index (χ4v) is 2.93. The van der Waals surface area contributed by atoms with Gasteiger partial charge in [-0.1, -0.05) is 13.3 Å². The molecule has 1 amide bonds. The van der Waals surface area contributed by atoms with Gasteiger partial charge < -0.3 is 15.0 Å². The molecule has 0 fully saturated rings. The van der Waals surface area contributed by atoms with Crippen molar-refractivity contribution in [1.82, 2.24) is 9.88 Å². The molecule has 1 heterocycles. The maximum Gasteiger partial charge on any atom is 0.261 e. The van der Waals surface area contributed by atoms with E-state index in [-0.39, 0.29) is 23.6 Å². The summed E-state index contributed by atoms with van der Waals surface area (Å²) >= 11 is 0. The second-order valence-corrected chi connectivity index (χ2v) is 5.95. The highest BCUT2D eigenvalue weighted by atomic mass is 16.3. The summed E-state index contributed by atoms with van der Waals surface area (Å²) in [4.78, 5) is 29.5. The number of unbranched alkanes of at least 4 members (excludes halogenated alkanes) is 1. The number of aromatic amines is 1. The fourth-order valence-electron chi connectivity index (χ4n) is 2.93. The molecule has 0 atom stereocenters. The fraction of sp³-hybridized carbons (Fsp3) is 0.647. The van der Waals surface area contributed by atoms with Crippen molar-refractivity contribution in [1.29, 1.82) is 0 Å². The molecule has 2 N–H and O–H groups in total. The van der Waals surface area contributed by atoms with E-state index in [0.717, 1.165) is 49.8 Å². The third-order valence-electron chi connectivity index (χ3n) is 4.22. The molecule has 5 heteroatoms. The van der Waals surface area contributed by atoms with Crippen molar-refractivity contribution in [3.63, 3.8) is 0 Å². The Balaban J connectivity index is 2.23. The van der Waals surface area contributed by atoms with Crippen LogP contribution < -0.4 is 5.56 Å². The molecule has 5 nitrogen and oxygen atoms in total. The number of H-pyrrole nitrogens is 1. The summed E-state index contributed by atoms with van der Waals surface area (Å²) < 4.78 is 0. The van der Waals surface area contributed by atoms with Crippen LogP contribution in [0.3, 0.4) is 0 Å². The van der Waals surface area contributed by atoms with Crippen LogP contribution in [-0.2, 0) is 12.8 Å². The Hall–Kier alpha value is -1.62. The van der Waals surface area contributed by atoms with Crippen molar-refractivity contribution in [3.8, 4) is 0 Å². The van der Waals surface area contributed by atoms with Crippen molar-refractivity contribution in [2.45, 2.75) is 51.9 Å². The predicted molar refractivity (Wildman–Crippen MR) is 86.2 cm³/mol. The first-order chi connectivity index (χ1) is 10.7. The minimum atomic E-state index is -0.281. The minimum absolute atomic E-state index is 0.0520. The molecule has 122 valence electrons. The number of carbonyl (C=O) groups excluding carboxylic acids is 1. The van der Waals surface area contributed by atoms with Crippen molar-refractivity contribution < 1.29 is 9.90 Å². The van der Waals surface area contributed by atoms with E-state index in [9.17, 15) is 9.59 Å². The highest BCUT2D eigenvalue weighted by molar-refractivity contribution is 5.94. The Morgan fingerprint density at radius 1 is 1.27 bits per heavy atom. The number of amides is 1. The van der Waals surface area contributed by atoms with E-state index in [2.05, 4.69) is 11.9 Å². The molecule has 1 aromatic heterocycles. The number of pyridine rings is 1. The summed E-state index contributed by atoms with van der Waals surface area (Å²) in [7, 11) is 0. The second kappa shape index (κ2) is 8.13. The van der Waals surface area contributed by atoms with Crippen LogP contribution in [0.15, 0.2) is 10.9 Å². The Morgan fingerprint density at radius 2 is 2.00 bits per heavy atom. The normalized spacial score (nSPS) is 13.7. The van der Waals surface area contributed by atoms with Gasteiger partial charge in [-0.3, -0.25) is 9.59 Å². The van der Waals surface area contributed by atoms with E-state index in [4.69, 9.17) is 5.11 Å². The molecular weight excluding hydrogens is 280 g/mol. The topological polar surface area (TPSA) is 73.4 Å². The van der Waals surface area contributed by atoms with Crippen LogP contribution in [-0.4, -0.2) is 40.6 Å². The molecule has 0 unspecified atom stereocenters. The van der Waals surface area contributed by atoms with E-state index in [1.807, 2.05) is 0 Å². The number of nitrogens with zero attached hydrogens (tertiary/aromatic N) is 1. The standard InChI is InChI=1S/C17H26N2O3/c1-2-3-9-19(10-6-11-20)17(22)14-12-13-7-4-5-8-15(13)18-16(14)21/h12,20H,2-11H2,1H3,(H,18,21). The van der Waals surface area contributed by atoms with Crippen molar-refractivity contribution in [2.75, 3.05) is 19.7 Å². The summed E-state index contributed by atoms with van der Waals surface area (Å²) in [5.74, 6) is -0.212. The number of aliphatic hydroxyl groups is 1. The smallest absolute Gasteiger partial charge is 0.261 e. The van der Waals surface area contributed by atoms with Gasteiger partial charge in [0.15, 0.2) is 0 Å². The molecule has 0 spiro atoms. The van der Waals surface area contributed by atoms with Gasteiger partial charge in [-0.2, -0.15) is 0 Å². The van der Waals surface area contributed by atoms with E-state index in [1.54, 1.807) is 11.0 Å². The lowest BCUT2D eigenvalue weighted by molar-refractivity contribution is 0.0740. The number of hydrogen-bond acceptors (Lipinski definition) is 3. The highest BCUT2D eigenvalue weighted by Gasteiger charge is 2.21. The average molecular weight is 306 g/mol. The largest absolute Gasteiger partial charge is 0.396 e. The lowest BCUT2D eigenvalue weighted by Crippen LogP contribution is -2.37. The average Bonchev–Trinajstić information content (AvgIpc) is 2.54. The van der Waals surface area contributed by atoms with Gasteiger partial charge >= 0.3 is 0 Å². The Kier molecular flexibility index (Phi) is 6.19. The van der Waals surface area contributed by atoms with Crippen molar-refractivity contribution in [3.05, 3.63) is 33.2 Å². The summed E-state index contributed by atoms with van der Waals surface area (Å²) in [5, 5.41) is 9.00. The van der Waals surface area contributed by atoms with Gasteiger partial charge in [0.2, 0.25) is 0 Å². The first-order valence-electron chi connectivity index (χ1n) is 8.32. The number of nitrogens with one attached hydrogen (secondary N) is 1. The molecule has 0 aliphatic heterocycles. The quantitative estimate of drug-likeness (QED) is 0.808. The molecule has 1 aliphatic carbocycles. The number of fused-ring (bicyclic) bond motifs is 1. The van der Waals surface area contributed by atoms with Crippen molar-refractivity contribution in [2.24, 2.45) is 0 Å². The molecule has 2 rings (SSSR count). The Morgan fingerprint density at radius 3 is 2.73 bits per heavy atom. The van der Waals surface area contributed by atoms with Crippen LogP contribution in [0.4, 0.5) is 0 Å². The number of aromatic nitrogens is 1. The Bertz CT molecular complexity index is 558. The van der Waals surface area contributed by atoms with Crippen LogP contribution in [0, 0.1) is 0 Å². The lowest BCUT2D eigenvalue weighted by Gasteiger charge is -2.23. The van der Waals surface area contributed by atoms with E-state index >= 15 is 0 Å². The third kappa shape index (κ3) is 3.97. The molecule has 0 radical (unpaired) electrons. The zero-order valence-corrected chi connectivity index (χ0v) is 13.4. The molecule has 0 saturated heterocycles. The highest BCUT2D eigenvalue weighted by Crippen LogP contribution is 2.19. The Labute approximate surface area is 131 Å². The molecule has 22 heavy (non-hydrogen) atoms. The van der Waals surface area contributed by atoms with E-state index in [0.29, 0.717) is 19.5 Å². The number of carbonyl (C=O) groups is 1. The first-order valence-corrected chi connectivity index (χ1v) is 8.32. The molecule has 0 saturated carbocycles. The van der Waals surface area contributed by atoms with Gasteiger partial charge in [0, 0.05) is 25.4 Å². The number of rotatable bonds is 7. The van der Waals surface area contributed by atoms with Gasteiger partial charge in [-0.25, -0.2) is 0 Å². The van der Waals surface area contributed by atoms with Crippen LogP contribution in [0.1, 0.15) is 60.6 Å². The van der Waals surface area contributed by atoms with E-state index in [1.165, 1.54) is 0 Å². The predicted octanol–water partition coefficient (Wildman–Crippen LogP) is 1.88. The monoisotopic (exact) mass is 306 g/mol. The maximum absolute atomic E-state index is 12.7. The zero-order valence-electron chi connectivity index (χ0n) is 13.4. The third-order valence-corrected chi connectivity index (χ3v) is 4.22. The molecule has 0 bridgehead atoms.